The quantitative estimate of drug-likeness (QED) is 0.104. The van der Waals surface area contributed by atoms with Gasteiger partial charge in [-0.05, 0) is 0 Å². The van der Waals surface area contributed by atoms with E-state index < -0.39 is 6.67 Å². The first-order valence-electron chi connectivity index (χ1n) is 11.7. The third-order valence-corrected chi connectivity index (χ3v) is 3.75. The third-order valence-electron chi connectivity index (χ3n) is 3.75. The van der Waals surface area contributed by atoms with Crippen LogP contribution in [-0.2, 0) is 47.4 Å². The van der Waals surface area contributed by atoms with E-state index in [1.54, 1.807) is 0 Å². The maximum atomic E-state index is 11.8. The minimum Gasteiger partial charge on any atom is -0.377 e. The molecule has 0 amide bonds. The van der Waals surface area contributed by atoms with Gasteiger partial charge < -0.3 is 47.4 Å². The predicted molar refractivity (Wildman–Crippen MR) is 123 cm³/mol. The lowest BCUT2D eigenvalue weighted by molar-refractivity contribution is -0.0262. The first-order chi connectivity index (χ1) is 16.9. The van der Waals surface area contributed by atoms with Crippen LogP contribution in [0.3, 0.4) is 0 Å². The number of hydrogen-bond donors (Lipinski definition) is 0. The van der Waals surface area contributed by atoms with Crippen LogP contribution in [0.25, 0.3) is 0 Å². The first-order valence-corrected chi connectivity index (χ1v) is 11.7. The van der Waals surface area contributed by atoms with E-state index in [4.69, 9.17) is 53.8 Å². The van der Waals surface area contributed by atoms with E-state index in [2.05, 4.69) is 5.92 Å². The normalized spacial score (nSPS) is 11.2. The Kier molecular flexibility index (Phi) is 31.2. The summed E-state index contributed by atoms with van der Waals surface area (Å²) in [7, 11) is 0. The van der Waals surface area contributed by atoms with Crippen molar-refractivity contribution in [2.75, 3.05) is 139 Å². The first kappa shape index (κ1) is 33.1. The molecule has 0 bridgehead atoms. The maximum Gasteiger partial charge on any atom is 0.113 e. The fourth-order valence-electron chi connectivity index (χ4n) is 2.16. The van der Waals surface area contributed by atoms with Crippen molar-refractivity contribution >= 4 is 0 Å². The Bertz CT molecular complexity index is 412. The lowest BCUT2D eigenvalue weighted by Crippen LogP contribution is -2.15. The highest BCUT2D eigenvalue weighted by molar-refractivity contribution is 4.82. The second-order valence-electron chi connectivity index (χ2n) is 6.46. The number of ether oxygens (including phenoxy) is 10. The van der Waals surface area contributed by atoms with E-state index in [0.717, 1.165) is 0 Å². The summed E-state index contributed by atoms with van der Waals surface area (Å²) >= 11 is 0. The van der Waals surface area contributed by atoms with Crippen molar-refractivity contribution in [1.82, 2.24) is 0 Å². The summed E-state index contributed by atoms with van der Waals surface area (Å²) in [6, 6.07) is 0. The summed E-state index contributed by atoms with van der Waals surface area (Å²) in [4.78, 5) is 0. The fourth-order valence-corrected chi connectivity index (χ4v) is 2.16. The van der Waals surface area contributed by atoms with Crippen molar-refractivity contribution in [3.8, 4) is 12.3 Å². The Morgan fingerprint density at radius 2 is 0.559 bits per heavy atom. The molecular weight excluding hydrogens is 455 g/mol. The van der Waals surface area contributed by atoms with Gasteiger partial charge in [-0.25, -0.2) is 4.39 Å². The van der Waals surface area contributed by atoms with E-state index in [9.17, 15) is 4.39 Å². The van der Waals surface area contributed by atoms with E-state index in [-0.39, 0.29) is 6.61 Å². The molecule has 0 unspecified atom stereocenters. The molecule has 0 saturated heterocycles. The molecule has 0 aliphatic heterocycles. The molecule has 0 radical (unpaired) electrons. The molecule has 0 heterocycles. The van der Waals surface area contributed by atoms with Crippen LogP contribution >= 0.6 is 0 Å². The Morgan fingerprint density at radius 3 is 0.765 bits per heavy atom. The van der Waals surface area contributed by atoms with Crippen molar-refractivity contribution in [2.24, 2.45) is 0 Å². The number of halogens is 1. The van der Waals surface area contributed by atoms with Crippen molar-refractivity contribution in [2.45, 2.75) is 0 Å². The van der Waals surface area contributed by atoms with Crippen LogP contribution in [0.15, 0.2) is 0 Å². The Morgan fingerprint density at radius 1 is 0.353 bits per heavy atom. The van der Waals surface area contributed by atoms with E-state index in [1.165, 1.54) is 0 Å². The van der Waals surface area contributed by atoms with Gasteiger partial charge in [-0.15, -0.1) is 6.42 Å². The molecule has 0 atom stereocenters. The fraction of sp³-hybridized carbons (Fsp3) is 0.913. The van der Waals surface area contributed by atoms with Crippen molar-refractivity contribution in [3.05, 3.63) is 0 Å². The van der Waals surface area contributed by atoms with Crippen LogP contribution in [0.5, 0.6) is 0 Å². The molecule has 0 aliphatic rings. The van der Waals surface area contributed by atoms with Crippen LogP contribution < -0.4 is 0 Å². The lowest BCUT2D eigenvalue weighted by atomic mass is 10.6. The van der Waals surface area contributed by atoms with Gasteiger partial charge in [0, 0.05) is 0 Å². The number of alkyl halides is 1. The molecule has 0 aromatic carbocycles. The molecule has 0 fully saturated rings. The highest BCUT2D eigenvalue weighted by Gasteiger charge is 1.95. The van der Waals surface area contributed by atoms with Crippen molar-refractivity contribution in [3.63, 3.8) is 0 Å². The van der Waals surface area contributed by atoms with Crippen molar-refractivity contribution in [1.29, 1.82) is 0 Å². The zero-order valence-electron chi connectivity index (χ0n) is 20.4. The molecule has 202 valence electrons. The molecule has 34 heavy (non-hydrogen) atoms. The average Bonchev–Trinajstić information content (AvgIpc) is 2.85. The van der Waals surface area contributed by atoms with Crippen LogP contribution in [-0.4, -0.2) is 139 Å². The zero-order valence-corrected chi connectivity index (χ0v) is 20.4. The standard InChI is InChI=1S/C23H43FO10/c1-2-4-25-6-8-27-10-12-29-14-16-31-18-20-33-22-23-34-21-19-32-17-15-30-13-11-28-9-7-26-5-3-24/h1H,3-23H2. The van der Waals surface area contributed by atoms with E-state index >= 15 is 0 Å². The van der Waals surface area contributed by atoms with Gasteiger partial charge >= 0.3 is 0 Å². The molecule has 0 aromatic heterocycles. The lowest BCUT2D eigenvalue weighted by Gasteiger charge is -2.08. The smallest absolute Gasteiger partial charge is 0.113 e. The predicted octanol–water partition coefficient (Wildman–Crippen LogP) is 0.755. The molecule has 0 rings (SSSR count). The van der Waals surface area contributed by atoms with Crippen LogP contribution in [0, 0.1) is 12.3 Å². The number of terminal acetylenes is 1. The van der Waals surface area contributed by atoms with Gasteiger partial charge in [0.2, 0.25) is 0 Å². The molecular formula is C23H43FO10. The molecule has 10 nitrogen and oxygen atoms in total. The summed E-state index contributed by atoms with van der Waals surface area (Å²) in [6.45, 7) is 8.78. The molecule has 0 aliphatic carbocycles. The molecule has 0 saturated carbocycles. The second kappa shape index (κ2) is 32.1. The van der Waals surface area contributed by atoms with Crippen LogP contribution in [0.1, 0.15) is 0 Å². The van der Waals surface area contributed by atoms with Gasteiger partial charge in [0.15, 0.2) is 0 Å². The van der Waals surface area contributed by atoms with E-state index in [0.29, 0.717) is 126 Å². The van der Waals surface area contributed by atoms with Gasteiger partial charge in [-0.3, -0.25) is 0 Å². The summed E-state index contributed by atoms with van der Waals surface area (Å²) < 4.78 is 64.8. The van der Waals surface area contributed by atoms with Gasteiger partial charge in [0.1, 0.15) is 13.3 Å². The molecule has 0 spiro atoms. The highest BCUT2D eigenvalue weighted by Crippen LogP contribution is 1.86. The van der Waals surface area contributed by atoms with Gasteiger partial charge in [-0.2, -0.15) is 0 Å². The van der Waals surface area contributed by atoms with Gasteiger partial charge in [-0.1, -0.05) is 5.92 Å². The highest BCUT2D eigenvalue weighted by atomic mass is 19.1. The van der Waals surface area contributed by atoms with Gasteiger partial charge in [0.05, 0.1) is 126 Å². The number of hydrogen-bond acceptors (Lipinski definition) is 10. The average molecular weight is 499 g/mol. The summed E-state index contributed by atoms with van der Waals surface area (Å²) in [5.41, 5.74) is 0. The second-order valence-corrected chi connectivity index (χ2v) is 6.46. The Labute approximate surface area is 203 Å². The topological polar surface area (TPSA) is 92.3 Å². The minimum absolute atomic E-state index is 0.115. The summed E-state index contributed by atoms with van der Waals surface area (Å²) in [6.07, 6.45) is 5.06. The largest absolute Gasteiger partial charge is 0.377 e. The molecule has 11 heteroatoms. The van der Waals surface area contributed by atoms with Crippen LogP contribution in [0.2, 0.25) is 0 Å². The molecule has 0 N–H and O–H groups in total. The summed E-state index contributed by atoms with van der Waals surface area (Å²) in [5.74, 6) is 2.39. The molecule has 0 aromatic rings. The summed E-state index contributed by atoms with van der Waals surface area (Å²) in [5, 5.41) is 0. The Balaban J connectivity index is 3.00. The van der Waals surface area contributed by atoms with Crippen molar-refractivity contribution < 1.29 is 51.8 Å². The maximum absolute atomic E-state index is 11.8. The monoisotopic (exact) mass is 498 g/mol. The Hall–Kier alpha value is -0.910. The van der Waals surface area contributed by atoms with Gasteiger partial charge in [0.25, 0.3) is 0 Å². The zero-order chi connectivity index (χ0) is 24.6. The third kappa shape index (κ3) is 31.1. The van der Waals surface area contributed by atoms with Crippen LogP contribution in [0.4, 0.5) is 4.39 Å². The van der Waals surface area contributed by atoms with E-state index in [1.807, 2.05) is 0 Å². The minimum atomic E-state index is -0.473. The SMILES string of the molecule is C#CCOCCOCCOCCOCCOCCOCCOCCOCCOCCOCCF. The number of rotatable bonds is 30.